The quantitative estimate of drug-likeness (QED) is 0.185. The van der Waals surface area contributed by atoms with Gasteiger partial charge in [-0.2, -0.15) is 12.6 Å². The SMILES string of the molecule is CCCC1OC(OC2C(CO)OC(OCCCCCS)C(O)C2O)C(O)C(O)C1C. The summed E-state index contributed by atoms with van der Waals surface area (Å²) in [5, 5.41) is 51.5. The molecule has 10 unspecified atom stereocenters. The van der Waals surface area contributed by atoms with Gasteiger partial charge in [0, 0.05) is 12.5 Å². The lowest BCUT2D eigenvalue weighted by atomic mass is 9.88. The molecule has 30 heavy (non-hydrogen) atoms. The molecule has 0 amide bonds. The number of unbranched alkanes of at least 4 members (excludes halogenated alkanes) is 2. The number of ether oxygens (including phenoxy) is 4. The van der Waals surface area contributed by atoms with Gasteiger partial charge in [-0.05, 0) is 25.0 Å². The molecule has 0 aromatic carbocycles. The first-order valence-electron chi connectivity index (χ1n) is 10.9. The molecule has 9 nitrogen and oxygen atoms in total. The fraction of sp³-hybridized carbons (Fsp3) is 1.00. The molecule has 2 rings (SSSR count). The normalized spacial score (nSPS) is 42.4. The average molecular weight is 455 g/mol. The van der Waals surface area contributed by atoms with Crippen LogP contribution in [0.4, 0.5) is 0 Å². The van der Waals surface area contributed by atoms with Gasteiger partial charge in [-0.1, -0.05) is 26.7 Å². The van der Waals surface area contributed by atoms with Crippen molar-refractivity contribution in [3.05, 3.63) is 0 Å². The van der Waals surface area contributed by atoms with E-state index in [1.54, 1.807) is 6.92 Å². The second kappa shape index (κ2) is 12.9. The first kappa shape index (κ1) is 26.2. The van der Waals surface area contributed by atoms with E-state index in [1.165, 1.54) is 0 Å². The van der Waals surface area contributed by atoms with E-state index in [0.29, 0.717) is 13.0 Å². The fourth-order valence-electron chi connectivity index (χ4n) is 3.90. The van der Waals surface area contributed by atoms with Gasteiger partial charge in [-0.15, -0.1) is 0 Å². The second-order valence-corrected chi connectivity index (χ2v) is 8.58. The first-order chi connectivity index (χ1) is 14.3. The fourth-order valence-corrected chi connectivity index (χ4v) is 4.12. The molecule has 178 valence electrons. The lowest BCUT2D eigenvalue weighted by molar-refractivity contribution is -0.354. The number of rotatable bonds is 11. The number of hydrogen-bond donors (Lipinski definition) is 6. The van der Waals surface area contributed by atoms with Crippen LogP contribution >= 0.6 is 12.6 Å². The molecule has 0 bridgehead atoms. The van der Waals surface area contributed by atoms with Crippen molar-refractivity contribution in [2.45, 2.75) is 101 Å². The summed E-state index contributed by atoms with van der Waals surface area (Å²) in [6.07, 6.45) is -5.95. The monoisotopic (exact) mass is 454 g/mol. The molecule has 0 saturated carbocycles. The molecule has 0 radical (unpaired) electrons. The van der Waals surface area contributed by atoms with E-state index in [-0.39, 0.29) is 12.0 Å². The van der Waals surface area contributed by atoms with Crippen molar-refractivity contribution in [3.63, 3.8) is 0 Å². The third-order valence-corrected chi connectivity index (χ3v) is 6.15. The summed E-state index contributed by atoms with van der Waals surface area (Å²) in [5.41, 5.74) is 0. The summed E-state index contributed by atoms with van der Waals surface area (Å²) in [7, 11) is 0. The smallest absolute Gasteiger partial charge is 0.186 e. The molecule has 2 aliphatic heterocycles. The van der Waals surface area contributed by atoms with Crippen LogP contribution in [0, 0.1) is 5.92 Å². The second-order valence-electron chi connectivity index (χ2n) is 8.13. The Kier molecular flexibility index (Phi) is 11.3. The third kappa shape index (κ3) is 6.50. The summed E-state index contributed by atoms with van der Waals surface area (Å²) in [5.74, 6) is 0.501. The van der Waals surface area contributed by atoms with Crippen molar-refractivity contribution in [1.82, 2.24) is 0 Å². The van der Waals surface area contributed by atoms with Crippen LogP contribution < -0.4 is 0 Å². The van der Waals surface area contributed by atoms with Crippen molar-refractivity contribution in [2.24, 2.45) is 5.92 Å². The van der Waals surface area contributed by atoms with Gasteiger partial charge < -0.3 is 44.5 Å². The van der Waals surface area contributed by atoms with Crippen LogP contribution in [0.3, 0.4) is 0 Å². The van der Waals surface area contributed by atoms with E-state index in [9.17, 15) is 25.5 Å². The molecule has 5 N–H and O–H groups in total. The largest absolute Gasteiger partial charge is 0.394 e. The Balaban J connectivity index is 1.99. The van der Waals surface area contributed by atoms with Crippen LogP contribution in [0.5, 0.6) is 0 Å². The van der Waals surface area contributed by atoms with E-state index < -0.39 is 55.8 Å². The van der Waals surface area contributed by atoms with Crippen molar-refractivity contribution in [3.8, 4) is 0 Å². The summed E-state index contributed by atoms with van der Waals surface area (Å²) in [6, 6.07) is 0. The van der Waals surface area contributed by atoms with Gasteiger partial charge in [0.1, 0.15) is 30.5 Å². The highest BCUT2D eigenvalue weighted by molar-refractivity contribution is 7.80. The Morgan fingerprint density at radius 3 is 2.17 bits per heavy atom. The van der Waals surface area contributed by atoms with Crippen LogP contribution in [-0.2, 0) is 18.9 Å². The minimum Gasteiger partial charge on any atom is -0.394 e. The van der Waals surface area contributed by atoms with Crippen LogP contribution in [0.15, 0.2) is 0 Å². The lowest BCUT2D eigenvalue weighted by Crippen LogP contribution is -2.63. The van der Waals surface area contributed by atoms with E-state index in [1.807, 2.05) is 6.92 Å². The topological polar surface area (TPSA) is 138 Å². The summed E-state index contributed by atoms with van der Waals surface area (Å²) < 4.78 is 22.7. The van der Waals surface area contributed by atoms with Crippen LogP contribution in [0.1, 0.15) is 46.0 Å². The standard InChI is InChI=1S/C20H38O9S/c1-3-7-12-11(2)14(22)16(24)20(27-12)29-18-13(10-21)28-19(17(25)15(18)23)26-8-5-4-6-9-30/h11-25,30H,3-10H2,1-2H3. The van der Waals surface area contributed by atoms with Crippen LogP contribution in [0.25, 0.3) is 0 Å². The maximum absolute atomic E-state index is 10.6. The molecule has 2 aliphatic rings. The highest BCUT2D eigenvalue weighted by atomic mass is 32.1. The summed E-state index contributed by atoms with van der Waals surface area (Å²) in [6.45, 7) is 3.62. The Labute approximate surface area is 183 Å². The molecule has 2 fully saturated rings. The van der Waals surface area contributed by atoms with Gasteiger partial charge >= 0.3 is 0 Å². The molecule has 0 aliphatic carbocycles. The molecule has 0 aromatic rings. The van der Waals surface area contributed by atoms with Crippen LogP contribution in [-0.4, -0.2) is 99.8 Å². The first-order valence-corrected chi connectivity index (χ1v) is 11.5. The van der Waals surface area contributed by atoms with E-state index in [2.05, 4.69) is 12.6 Å². The Morgan fingerprint density at radius 1 is 0.867 bits per heavy atom. The molecule has 0 spiro atoms. The zero-order chi connectivity index (χ0) is 22.3. The highest BCUT2D eigenvalue weighted by Gasteiger charge is 2.50. The Bertz CT molecular complexity index is 483. The molecule has 0 aromatic heterocycles. The van der Waals surface area contributed by atoms with Crippen molar-refractivity contribution >= 4 is 12.6 Å². The molecule has 10 atom stereocenters. The zero-order valence-electron chi connectivity index (χ0n) is 17.7. The molecular weight excluding hydrogens is 416 g/mol. The maximum Gasteiger partial charge on any atom is 0.186 e. The molecular formula is C20H38O9S. The van der Waals surface area contributed by atoms with Gasteiger partial charge in [0.25, 0.3) is 0 Å². The van der Waals surface area contributed by atoms with E-state index in [0.717, 1.165) is 31.4 Å². The Hall–Kier alpha value is -0.0100. The van der Waals surface area contributed by atoms with Gasteiger partial charge in [0.05, 0.1) is 18.8 Å². The summed E-state index contributed by atoms with van der Waals surface area (Å²) in [4.78, 5) is 0. The lowest BCUT2D eigenvalue weighted by Gasteiger charge is -2.46. The number of thiol groups is 1. The average Bonchev–Trinajstić information content (AvgIpc) is 2.74. The predicted molar refractivity (Wildman–Crippen MR) is 111 cm³/mol. The Morgan fingerprint density at radius 2 is 1.53 bits per heavy atom. The van der Waals surface area contributed by atoms with Gasteiger partial charge in [0.2, 0.25) is 0 Å². The van der Waals surface area contributed by atoms with E-state index >= 15 is 0 Å². The molecule has 2 heterocycles. The minimum atomic E-state index is -1.43. The number of aliphatic hydroxyl groups is 5. The minimum absolute atomic E-state index is 0.285. The van der Waals surface area contributed by atoms with Crippen molar-refractivity contribution < 1.29 is 44.5 Å². The van der Waals surface area contributed by atoms with Gasteiger partial charge in [-0.3, -0.25) is 0 Å². The van der Waals surface area contributed by atoms with Crippen molar-refractivity contribution in [1.29, 1.82) is 0 Å². The zero-order valence-corrected chi connectivity index (χ0v) is 18.6. The van der Waals surface area contributed by atoms with Crippen LogP contribution in [0.2, 0.25) is 0 Å². The highest BCUT2D eigenvalue weighted by Crippen LogP contribution is 2.32. The molecule has 10 heteroatoms. The molecule has 2 saturated heterocycles. The predicted octanol–water partition coefficient (Wildman–Crippen LogP) is -0.190. The van der Waals surface area contributed by atoms with E-state index in [4.69, 9.17) is 18.9 Å². The number of aliphatic hydroxyl groups excluding tert-OH is 5. The third-order valence-electron chi connectivity index (χ3n) is 5.83. The van der Waals surface area contributed by atoms with Gasteiger partial charge in [-0.25, -0.2) is 0 Å². The maximum atomic E-state index is 10.6. The van der Waals surface area contributed by atoms with Crippen molar-refractivity contribution in [2.75, 3.05) is 19.0 Å². The number of hydrogen-bond acceptors (Lipinski definition) is 10. The summed E-state index contributed by atoms with van der Waals surface area (Å²) >= 11 is 4.15. The van der Waals surface area contributed by atoms with Gasteiger partial charge in [0.15, 0.2) is 12.6 Å².